The third kappa shape index (κ3) is 3.58. The van der Waals surface area contributed by atoms with Gasteiger partial charge in [0.25, 0.3) is 0 Å². The van der Waals surface area contributed by atoms with Crippen LogP contribution in [0.1, 0.15) is 77.5 Å². The van der Waals surface area contributed by atoms with Crippen LogP contribution in [-0.2, 0) is 16.1 Å². The van der Waals surface area contributed by atoms with Gasteiger partial charge in [-0.15, -0.1) is 0 Å². The van der Waals surface area contributed by atoms with Crippen LogP contribution in [-0.4, -0.2) is 39.8 Å². The summed E-state index contributed by atoms with van der Waals surface area (Å²) in [5, 5.41) is 20.1. The van der Waals surface area contributed by atoms with Crippen molar-refractivity contribution in [3.8, 4) is 6.07 Å². The number of nitriles is 1. The van der Waals surface area contributed by atoms with Gasteiger partial charge in [-0.25, -0.2) is 4.98 Å². The summed E-state index contributed by atoms with van der Waals surface area (Å²) in [7, 11) is 1.84. The number of hydrogen-bond donors (Lipinski definition) is 1. The summed E-state index contributed by atoms with van der Waals surface area (Å²) in [5.74, 6) is 3.07. The van der Waals surface area contributed by atoms with Crippen molar-refractivity contribution in [2.45, 2.75) is 83.8 Å². The van der Waals surface area contributed by atoms with E-state index in [0.29, 0.717) is 29.5 Å². The number of aromatic nitrogens is 2. The van der Waals surface area contributed by atoms with Gasteiger partial charge in [0.15, 0.2) is 5.78 Å². The van der Waals surface area contributed by atoms with Crippen LogP contribution in [0.3, 0.4) is 0 Å². The van der Waals surface area contributed by atoms with Crippen LogP contribution in [0.15, 0.2) is 12.4 Å². The number of hydrogen-bond acceptors (Lipinski definition) is 5. The Morgan fingerprint density at radius 3 is 2.79 bits per heavy atom. The molecule has 0 saturated heterocycles. The van der Waals surface area contributed by atoms with E-state index in [-0.39, 0.29) is 29.1 Å². The molecule has 6 nitrogen and oxygen atoms in total. The third-order valence-corrected chi connectivity index (χ3v) is 10.6. The Morgan fingerprint density at radius 2 is 2.03 bits per heavy atom. The molecule has 33 heavy (non-hydrogen) atoms. The second kappa shape index (κ2) is 8.20. The largest absolute Gasteiger partial charge is 0.390 e. The molecular formula is C27H39N3O3. The molecule has 1 aromatic rings. The number of imidazole rings is 1. The summed E-state index contributed by atoms with van der Waals surface area (Å²) in [6.07, 6.45) is 12.9. The molecule has 4 aliphatic rings. The molecule has 5 rings (SSSR count). The zero-order chi connectivity index (χ0) is 23.4. The van der Waals surface area contributed by atoms with Gasteiger partial charge in [0.2, 0.25) is 5.82 Å². The summed E-state index contributed by atoms with van der Waals surface area (Å²) in [4.78, 5) is 17.5. The molecule has 0 bridgehead atoms. The van der Waals surface area contributed by atoms with Crippen molar-refractivity contribution in [2.24, 2.45) is 40.4 Å². The van der Waals surface area contributed by atoms with Crippen LogP contribution in [0, 0.1) is 51.8 Å². The molecule has 1 aromatic heterocycles. The lowest BCUT2D eigenvalue weighted by Gasteiger charge is -2.62. The van der Waals surface area contributed by atoms with Crippen molar-refractivity contribution in [3.63, 3.8) is 0 Å². The lowest BCUT2D eigenvalue weighted by atomic mass is 9.43. The van der Waals surface area contributed by atoms with Crippen molar-refractivity contribution in [2.75, 3.05) is 13.7 Å². The Labute approximate surface area is 197 Å². The normalized spacial score (nSPS) is 44.4. The average molecular weight is 454 g/mol. The highest BCUT2D eigenvalue weighted by Gasteiger charge is 2.63. The molecular weight excluding hydrogens is 414 g/mol. The quantitative estimate of drug-likeness (QED) is 0.716. The molecule has 1 heterocycles. The summed E-state index contributed by atoms with van der Waals surface area (Å²) < 4.78 is 7.57. The molecule has 0 unspecified atom stereocenters. The Bertz CT molecular complexity index is 949. The number of rotatable bonds is 5. The Kier molecular flexibility index (Phi) is 5.73. The number of ether oxygens (including phenoxy) is 1. The summed E-state index contributed by atoms with van der Waals surface area (Å²) in [6, 6.07) is 2.09. The van der Waals surface area contributed by atoms with E-state index in [9.17, 15) is 15.2 Å². The van der Waals surface area contributed by atoms with Crippen LogP contribution in [0.2, 0.25) is 0 Å². The van der Waals surface area contributed by atoms with Gasteiger partial charge in [-0.05, 0) is 99.2 Å². The Balaban J connectivity index is 1.38. The molecule has 4 saturated carbocycles. The fourth-order valence-electron chi connectivity index (χ4n) is 9.14. The number of carbonyl (C=O) groups excluding carboxylic acids is 1. The van der Waals surface area contributed by atoms with E-state index in [2.05, 4.69) is 18.0 Å². The minimum Gasteiger partial charge on any atom is -0.390 e. The number of Topliss-reactive ketones (excluding diaryl/α,β-unsaturated/α-hetero) is 1. The first-order valence-corrected chi connectivity index (χ1v) is 12.9. The minimum atomic E-state index is -0.543. The van der Waals surface area contributed by atoms with Gasteiger partial charge in [0, 0.05) is 25.4 Å². The predicted molar refractivity (Wildman–Crippen MR) is 124 cm³/mol. The van der Waals surface area contributed by atoms with E-state index in [1.807, 2.05) is 14.0 Å². The highest BCUT2D eigenvalue weighted by atomic mass is 16.5. The monoisotopic (exact) mass is 453 g/mol. The second-order valence-corrected chi connectivity index (χ2v) is 12.1. The van der Waals surface area contributed by atoms with Crippen LogP contribution in [0.4, 0.5) is 0 Å². The van der Waals surface area contributed by atoms with Gasteiger partial charge in [-0.2, -0.15) is 5.26 Å². The highest BCUT2D eigenvalue weighted by molar-refractivity contribution is 5.82. The summed E-state index contributed by atoms with van der Waals surface area (Å²) >= 11 is 0. The SMILES string of the molecule is COC[C@]12CC[C@@](C)(O)C[C@@H]1CC[C@H]1[C@@H]3CC[C@H](C(=O)Cn4ccnc4C#N)[C@@]3(C)CC[C@@H]12. The van der Waals surface area contributed by atoms with Crippen molar-refractivity contribution < 1.29 is 14.6 Å². The van der Waals surface area contributed by atoms with Crippen molar-refractivity contribution >= 4 is 5.78 Å². The zero-order valence-corrected chi connectivity index (χ0v) is 20.4. The smallest absolute Gasteiger partial charge is 0.213 e. The molecule has 1 N–H and O–H groups in total. The average Bonchev–Trinajstić information content (AvgIpc) is 3.37. The number of nitrogens with zero attached hydrogens (tertiary/aromatic N) is 3. The van der Waals surface area contributed by atoms with Gasteiger partial charge in [-0.1, -0.05) is 6.92 Å². The fraction of sp³-hybridized carbons (Fsp3) is 0.815. The van der Waals surface area contributed by atoms with Gasteiger partial charge in [0.05, 0.1) is 18.8 Å². The standard InChI is InChI=1S/C27H39N3O3/c1-25(32)10-11-27(17-33-3)18(14-25)4-5-19-20-6-7-22(26(20,2)9-8-21(19)27)23(31)16-30-13-12-29-24(30)15-28/h12-13,18-22,32H,4-11,14,16-17H2,1-3H3/t18-,19-,20-,21-,22+,25+,26-,27+/m0/s1. The topological polar surface area (TPSA) is 88.1 Å². The fourth-order valence-corrected chi connectivity index (χ4v) is 9.14. The van der Waals surface area contributed by atoms with Crippen LogP contribution < -0.4 is 0 Å². The third-order valence-electron chi connectivity index (χ3n) is 10.6. The number of ketones is 1. The summed E-state index contributed by atoms with van der Waals surface area (Å²) in [6.45, 7) is 5.45. The van der Waals surface area contributed by atoms with Crippen molar-refractivity contribution in [1.82, 2.24) is 9.55 Å². The van der Waals surface area contributed by atoms with E-state index < -0.39 is 5.60 Å². The maximum absolute atomic E-state index is 13.5. The molecule has 6 heteroatoms. The molecule has 4 aliphatic carbocycles. The number of methoxy groups -OCH3 is 1. The molecule has 0 aromatic carbocycles. The molecule has 0 spiro atoms. The van der Waals surface area contributed by atoms with Gasteiger partial charge in [-0.3, -0.25) is 4.79 Å². The first-order valence-electron chi connectivity index (χ1n) is 12.9. The Hall–Kier alpha value is -1.71. The van der Waals surface area contributed by atoms with Crippen molar-refractivity contribution in [3.05, 3.63) is 18.2 Å². The minimum absolute atomic E-state index is 0.0485. The van der Waals surface area contributed by atoms with Crippen LogP contribution >= 0.6 is 0 Å². The van der Waals surface area contributed by atoms with E-state index in [0.717, 1.165) is 51.6 Å². The molecule has 180 valence electrons. The van der Waals surface area contributed by atoms with Crippen molar-refractivity contribution in [1.29, 1.82) is 5.26 Å². The number of fused-ring (bicyclic) bond motifs is 5. The predicted octanol–water partition coefficient (Wildman–Crippen LogP) is 4.36. The second-order valence-electron chi connectivity index (χ2n) is 12.1. The molecule has 4 fully saturated rings. The van der Waals surface area contributed by atoms with E-state index >= 15 is 0 Å². The van der Waals surface area contributed by atoms with Gasteiger partial charge in [0.1, 0.15) is 6.07 Å². The summed E-state index contributed by atoms with van der Waals surface area (Å²) in [5.41, 5.74) is -0.312. The lowest BCUT2D eigenvalue weighted by Crippen LogP contribution is -2.58. The first kappa shape index (κ1) is 23.1. The molecule has 0 radical (unpaired) electrons. The Morgan fingerprint density at radius 1 is 1.21 bits per heavy atom. The molecule has 0 aliphatic heterocycles. The molecule has 8 atom stereocenters. The zero-order valence-electron chi connectivity index (χ0n) is 20.4. The maximum atomic E-state index is 13.5. The van der Waals surface area contributed by atoms with E-state index in [1.165, 1.54) is 12.8 Å². The van der Waals surface area contributed by atoms with Crippen LogP contribution in [0.5, 0.6) is 0 Å². The maximum Gasteiger partial charge on any atom is 0.213 e. The van der Waals surface area contributed by atoms with Gasteiger partial charge >= 0.3 is 0 Å². The first-order chi connectivity index (χ1) is 15.7. The lowest BCUT2D eigenvalue weighted by molar-refractivity contribution is -0.175. The van der Waals surface area contributed by atoms with Gasteiger partial charge < -0.3 is 14.4 Å². The number of carbonyl (C=O) groups is 1. The molecule has 0 amide bonds. The van der Waals surface area contributed by atoms with Crippen LogP contribution in [0.25, 0.3) is 0 Å². The van der Waals surface area contributed by atoms with E-state index in [4.69, 9.17) is 4.74 Å². The van der Waals surface area contributed by atoms with E-state index in [1.54, 1.807) is 17.0 Å². The highest BCUT2D eigenvalue weighted by Crippen LogP contribution is 2.68. The number of aliphatic hydroxyl groups is 1.